The van der Waals surface area contributed by atoms with Crippen molar-refractivity contribution < 1.29 is 4.79 Å². The van der Waals surface area contributed by atoms with Crippen molar-refractivity contribution in [2.75, 3.05) is 24.5 Å². The van der Waals surface area contributed by atoms with Crippen molar-refractivity contribution in [1.29, 1.82) is 0 Å². The molecule has 0 bridgehead atoms. The number of piperazine rings is 1. The summed E-state index contributed by atoms with van der Waals surface area (Å²) in [5.74, 6) is 1.83. The van der Waals surface area contributed by atoms with Gasteiger partial charge in [0.25, 0.3) is 0 Å². The molecule has 6 heteroatoms. The van der Waals surface area contributed by atoms with E-state index < -0.39 is 0 Å². The van der Waals surface area contributed by atoms with Gasteiger partial charge in [0, 0.05) is 18.0 Å². The van der Waals surface area contributed by atoms with Crippen LogP contribution in [0.2, 0.25) is 0 Å². The molecule has 1 fully saturated rings. The van der Waals surface area contributed by atoms with E-state index in [9.17, 15) is 4.79 Å². The molecule has 2 aromatic heterocycles. The fraction of sp³-hybridized carbons (Fsp3) is 0.500. The molecule has 1 saturated heterocycles. The van der Waals surface area contributed by atoms with E-state index in [2.05, 4.69) is 20.2 Å². The number of carbonyl (C=O) groups is 1. The zero-order valence-corrected chi connectivity index (χ0v) is 12.2. The number of amides is 1. The van der Waals surface area contributed by atoms with E-state index in [1.165, 1.54) is 22.2 Å². The van der Waals surface area contributed by atoms with E-state index in [1.54, 1.807) is 11.3 Å². The molecule has 0 spiro atoms. The van der Waals surface area contributed by atoms with Crippen molar-refractivity contribution >= 4 is 33.3 Å². The summed E-state index contributed by atoms with van der Waals surface area (Å²) in [4.78, 5) is 25.5. The first-order valence-corrected chi connectivity index (χ1v) is 7.84. The number of aromatic nitrogens is 2. The van der Waals surface area contributed by atoms with Gasteiger partial charge < -0.3 is 10.2 Å². The minimum absolute atomic E-state index is 0.0764. The second kappa shape index (κ2) is 4.41. The first kappa shape index (κ1) is 12.1. The van der Waals surface area contributed by atoms with Crippen molar-refractivity contribution in [3.8, 4) is 0 Å². The number of hydrogen-bond donors (Lipinski definition) is 1. The van der Waals surface area contributed by atoms with Crippen LogP contribution in [0.25, 0.3) is 10.2 Å². The molecule has 0 atom stereocenters. The molecule has 1 aliphatic carbocycles. The maximum atomic E-state index is 11.6. The zero-order valence-electron chi connectivity index (χ0n) is 11.4. The maximum absolute atomic E-state index is 11.6. The molecule has 1 aliphatic heterocycles. The third-order valence-electron chi connectivity index (χ3n) is 4.00. The Morgan fingerprint density at radius 2 is 2.20 bits per heavy atom. The van der Waals surface area contributed by atoms with Gasteiger partial charge in [0.15, 0.2) is 0 Å². The minimum atomic E-state index is 0.0764. The van der Waals surface area contributed by atoms with Crippen LogP contribution in [-0.4, -0.2) is 35.5 Å². The van der Waals surface area contributed by atoms with Crippen LogP contribution in [0.15, 0.2) is 0 Å². The van der Waals surface area contributed by atoms with Gasteiger partial charge in [0.1, 0.15) is 16.5 Å². The Morgan fingerprint density at radius 1 is 1.30 bits per heavy atom. The predicted molar refractivity (Wildman–Crippen MR) is 79.4 cm³/mol. The molecular formula is C14H16N4OS. The largest absolute Gasteiger partial charge is 0.353 e. The monoisotopic (exact) mass is 288 g/mol. The Bertz CT molecular complexity index is 709. The number of hydrogen-bond acceptors (Lipinski definition) is 5. The van der Waals surface area contributed by atoms with Gasteiger partial charge in [0.2, 0.25) is 5.91 Å². The SMILES string of the molecule is Cc1nc(N2CCNC(=O)C2)c2c3c(sc2n1)CCC3. The van der Waals surface area contributed by atoms with Gasteiger partial charge in [-0.2, -0.15) is 0 Å². The van der Waals surface area contributed by atoms with Gasteiger partial charge in [-0.25, -0.2) is 9.97 Å². The molecular weight excluding hydrogens is 272 g/mol. The summed E-state index contributed by atoms with van der Waals surface area (Å²) in [6.07, 6.45) is 3.51. The Kier molecular flexibility index (Phi) is 2.66. The molecule has 0 saturated carbocycles. The van der Waals surface area contributed by atoms with Crippen LogP contribution >= 0.6 is 11.3 Å². The summed E-state index contributed by atoms with van der Waals surface area (Å²) >= 11 is 1.80. The van der Waals surface area contributed by atoms with Crippen molar-refractivity contribution in [2.45, 2.75) is 26.2 Å². The van der Waals surface area contributed by atoms with Gasteiger partial charge in [0.05, 0.1) is 11.9 Å². The second-order valence-corrected chi connectivity index (χ2v) is 6.49. The third-order valence-corrected chi connectivity index (χ3v) is 5.18. The molecule has 4 rings (SSSR count). The fourth-order valence-electron chi connectivity index (χ4n) is 3.13. The quantitative estimate of drug-likeness (QED) is 0.862. The van der Waals surface area contributed by atoms with Crippen LogP contribution in [0.5, 0.6) is 0 Å². The Labute approximate surface area is 121 Å². The molecule has 2 aliphatic rings. The van der Waals surface area contributed by atoms with Gasteiger partial charge in [-0.3, -0.25) is 4.79 Å². The lowest BCUT2D eigenvalue weighted by Crippen LogP contribution is -2.48. The van der Waals surface area contributed by atoms with Crippen LogP contribution in [0.4, 0.5) is 5.82 Å². The molecule has 1 N–H and O–H groups in total. The number of fused-ring (bicyclic) bond motifs is 3. The molecule has 2 aromatic rings. The molecule has 0 radical (unpaired) electrons. The molecule has 5 nitrogen and oxygen atoms in total. The van der Waals surface area contributed by atoms with Crippen LogP contribution in [0.1, 0.15) is 22.7 Å². The number of thiophene rings is 1. The zero-order chi connectivity index (χ0) is 13.7. The van der Waals surface area contributed by atoms with Crippen LogP contribution in [-0.2, 0) is 17.6 Å². The molecule has 20 heavy (non-hydrogen) atoms. The summed E-state index contributed by atoms with van der Waals surface area (Å²) in [6, 6.07) is 0. The topological polar surface area (TPSA) is 58.1 Å². The average molecular weight is 288 g/mol. The standard InChI is InChI=1S/C14H16N4OS/c1-8-16-13(18-6-5-15-11(19)7-18)12-9-3-2-4-10(9)20-14(12)17-8/h2-7H2,1H3,(H,15,19). The highest BCUT2D eigenvalue weighted by Crippen LogP contribution is 2.40. The van der Waals surface area contributed by atoms with Crippen LogP contribution in [0.3, 0.4) is 0 Å². The summed E-state index contributed by atoms with van der Waals surface area (Å²) in [5.41, 5.74) is 1.42. The van der Waals surface area contributed by atoms with Crippen molar-refractivity contribution in [3.05, 3.63) is 16.3 Å². The highest BCUT2D eigenvalue weighted by molar-refractivity contribution is 7.19. The number of anilines is 1. The van der Waals surface area contributed by atoms with Gasteiger partial charge in [-0.1, -0.05) is 0 Å². The molecule has 3 heterocycles. The van der Waals surface area contributed by atoms with E-state index in [-0.39, 0.29) is 5.91 Å². The lowest BCUT2D eigenvalue weighted by molar-refractivity contribution is -0.120. The van der Waals surface area contributed by atoms with Crippen molar-refractivity contribution in [3.63, 3.8) is 0 Å². The number of aryl methyl sites for hydroxylation is 3. The van der Waals surface area contributed by atoms with E-state index in [0.717, 1.165) is 35.9 Å². The first-order chi connectivity index (χ1) is 9.72. The summed E-state index contributed by atoms with van der Waals surface area (Å²) in [7, 11) is 0. The Morgan fingerprint density at radius 3 is 3.05 bits per heavy atom. The minimum Gasteiger partial charge on any atom is -0.353 e. The van der Waals surface area contributed by atoms with Crippen molar-refractivity contribution in [2.24, 2.45) is 0 Å². The van der Waals surface area contributed by atoms with E-state index >= 15 is 0 Å². The number of rotatable bonds is 1. The number of nitrogens with zero attached hydrogens (tertiary/aromatic N) is 3. The maximum Gasteiger partial charge on any atom is 0.239 e. The molecule has 0 unspecified atom stereocenters. The van der Waals surface area contributed by atoms with Crippen molar-refractivity contribution in [1.82, 2.24) is 15.3 Å². The molecule has 104 valence electrons. The number of carbonyl (C=O) groups excluding carboxylic acids is 1. The number of nitrogens with one attached hydrogen (secondary N) is 1. The summed E-state index contributed by atoms with van der Waals surface area (Å²) < 4.78 is 0. The lowest BCUT2D eigenvalue weighted by atomic mass is 10.1. The van der Waals surface area contributed by atoms with Gasteiger partial charge >= 0.3 is 0 Å². The summed E-state index contributed by atoms with van der Waals surface area (Å²) in [6.45, 7) is 3.84. The van der Waals surface area contributed by atoms with E-state index in [4.69, 9.17) is 0 Å². The smallest absolute Gasteiger partial charge is 0.239 e. The highest BCUT2D eigenvalue weighted by Gasteiger charge is 2.26. The van der Waals surface area contributed by atoms with Gasteiger partial charge in [-0.05, 0) is 31.7 Å². The van der Waals surface area contributed by atoms with Crippen LogP contribution < -0.4 is 10.2 Å². The van der Waals surface area contributed by atoms with Gasteiger partial charge in [-0.15, -0.1) is 11.3 Å². The van der Waals surface area contributed by atoms with Crippen LogP contribution in [0, 0.1) is 6.92 Å². The normalized spacial score (nSPS) is 18.4. The molecule has 1 amide bonds. The Hall–Kier alpha value is -1.69. The summed E-state index contributed by atoms with van der Waals surface area (Å²) in [5, 5.41) is 4.07. The third kappa shape index (κ3) is 1.78. The van der Waals surface area contributed by atoms with E-state index in [1.807, 2.05) is 6.92 Å². The highest BCUT2D eigenvalue weighted by atomic mass is 32.1. The Balaban J connectivity index is 1.91. The predicted octanol–water partition coefficient (Wildman–Crippen LogP) is 1.42. The molecule has 0 aromatic carbocycles. The first-order valence-electron chi connectivity index (χ1n) is 7.03. The van der Waals surface area contributed by atoms with E-state index in [0.29, 0.717) is 13.1 Å². The second-order valence-electron chi connectivity index (χ2n) is 5.40. The fourth-order valence-corrected chi connectivity index (χ4v) is 4.43. The average Bonchev–Trinajstić information content (AvgIpc) is 2.97. The lowest BCUT2D eigenvalue weighted by Gasteiger charge is -2.28.